The number of ketones is 1. The number of amides is 2. The zero-order chi connectivity index (χ0) is 20.4. The number of rotatable bonds is 5. The largest absolute Gasteiger partial charge is 0.350 e. The van der Waals surface area contributed by atoms with E-state index in [4.69, 9.17) is 0 Å². The molecule has 0 radical (unpaired) electrons. The second-order valence-corrected chi connectivity index (χ2v) is 7.43. The van der Waals surface area contributed by atoms with Gasteiger partial charge in [0.05, 0.1) is 5.56 Å². The minimum absolute atomic E-state index is 0.0196. The molecule has 0 saturated heterocycles. The number of benzene rings is 2. The number of nitrogens with zero attached hydrogens (tertiary/aromatic N) is 1. The van der Waals surface area contributed by atoms with Crippen molar-refractivity contribution in [2.45, 2.75) is 32.1 Å². The van der Waals surface area contributed by atoms with Crippen LogP contribution in [-0.4, -0.2) is 22.2 Å². The van der Waals surface area contributed by atoms with Gasteiger partial charge in [-0.15, -0.1) is 0 Å². The van der Waals surface area contributed by atoms with Gasteiger partial charge in [-0.05, 0) is 42.5 Å². The van der Waals surface area contributed by atoms with Gasteiger partial charge in [-0.3, -0.25) is 25.2 Å². The van der Waals surface area contributed by atoms with Gasteiger partial charge in [0.2, 0.25) is 5.91 Å². The van der Waals surface area contributed by atoms with Crippen LogP contribution in [0.25, 0.3) is 10.9 Å². The smallest absolute Gasteiger partial charge is 0.271 e. The minimum atomic E-state index is -0.395. The zero-order valence-corrected chi connectivity index (χ0v) is 16.3. The molecule has 2 amide bonds. The summed E-state index contributed by atoms with van der Waals surface area (Å²) in [5.74, 6) is -0.844. The van der Waals surface area contributed by atoms with Gasteiger partial charge in [0.15, 0.2) is 5.78 Å². The molecule has 148 valence electrons. The van der Waals surface area contributed by atoms with E-state index in [-0.39, 0.29) is 24.5 Å². The predicted octanol–water partition coefficient (Wildman–Crippen LogP) is 3.09. The maximum absolute atomic E-state index is 12.4. The highest BCUT2D eigenvalue weighted by Gasteiger charge is 2.16. The highest BCUT2D eigenvalue weighted by atomic mass is 16.2. The third-order valence-electron chi connectivity index (χ3n) is 5.46. The normalized spacial score (nSPS) is 12.6. The van der Waals surface area contributed by atoms with Crippen molar-refractivity contribution in [1.82, 2.24) is 15.4 Å². The van der Waals surface area contributed by atoms with Crippen molar-refractivity contribution in [2.24, 2.45) is 7.05 Å². The van der Waals surface area contributed by atoms with E-state index in [9.17, 15) is 14.4 Å². The van der Waals surface area contributed by atoms with E-state index in [2.05, 4.69) is 10.9 Å². The van der Waals surface area contributed by atoms with E-state index in [1.54, 1.807) is 6.20 Å². The van der Waals surface area contributed by atoms with Gasteiger partial charge >= 0.3 is 0 Å². The fourth-order valence-electron chi connectivity index (χ4n) is 3.90. The summed E-state index contributed by atoms with van der Waals surface area (Å²) in [4.78, 5) is 36.9. The number of hydrogen-bond acceptors (Lipinski definition) is 3. The van der Waals surface area contributed by atoms with E-state index in [1.165, 1.54) is 11.1 Å². The molecular weight excluding hydrogens is 366 g/mol. The van der Waals surface area contributed by atoms with Crippen molar-refractivity contribution in [3.8, 4) is 0 Å². The summed E-state index contributed by atoms with van der Waals surface area (Å²) < 4.78 is 1.86. The molecule has 1 aliphatic carbocycles. The van der Waals surface area contributed by atoms with E-state index >= 15 is 0 Å². The second-order valence-electron chi connectivity index (χ2n) is 7.43. The van der Waals surface area contributed by atoms with Crippen LogP contribution in [0.2, 0.25) is 0 Å². The first-order chi connectivity index (χ1) is 14.0. The lowest BCUT2D eigenvalue weighted by atomic mass is 10.0. The molecule has 2 N–H and O–H groups in total. The Morgan fingerprint density at radius 1 is 0.966 bits per heavy atom. The molecule has 1 aromatic heterocycles. The molecule has 0 aliphatic heterocycles. The maximum Gasteiger partial charge on any atom is 0.271 e. The number of carbonyl (C=O) groups is 3. The Morgan fingerprint density at radius 3 is 2.62 bits per heavy atom. The van der Waals surface area contributed by atoms with E-state index in [1.807, 2.05) is 54.1 Å². The summed E-state index contributed by atoms with van der Waals surface area (Å²) in [5.41, 5.74) is 9.47. The molecule has 0 bridgehead atoms. The first kappa shape index (κ1) is 18.9. The number of nitrogens with one attached hydrogen (secondary N) is 2. The van der Waals surface area contributed by atoms with E-state index in [0.717, 1.165) is 30.2 Å². The number of carbonyl (C=O) groups excluding carboxylic acids is 3. The van der Waals surface area contributed by atoms with Gasteiger partial charge < -0.3 is 4.57 Å². The van der Waals surface area contributed by atoms with Crippen LogP contribution in [0.1, 0.15) is 51.1 Å². The van der Waals surface area contributed by atoms with Crippen LogP contribution >= 0.6 is 0 Å². The third kappa shape index (κ3) is 3.92. The van der Waals surface area contributed by atoms with E-state index in [0.29, 0.717) is 11.1 Å². The molecule has 6 nitrogen and oxygen atoms in total. The van der Waals surface area contributed by atoms with Crippen LogP contribution < -0.4 is 10.9 Å². The van der Waals surface area contributed by atoms with Gasteiger partial charge in [0.1, 0.15) is 0 Å². The Morgan fingerprint density at radius 2 is 1.76 bits per heavy atom. The van der Waals surface area contributed by atoms with Crippen LogP contribution in [0.3, 0.4) is 0 Å². The minimum Gasteiger partial charge on any atom is -0.350 e. The Bertz CT molecular complexity index is 1110. The molecule has 0 fully saturated rings. The summed E-state index contributed by atoms with van der Waals surface area (Å²) in [6.45, 7) is 0. The summed E-state index contributed by atoms with van der Waals surface area (Å²) in [7, 11) is 1.86. The number of Topliss-reactive ketones (excluding diaryl/α,β-unsaturated/α-hetero) is 1. The number of hydrogen-bond donors (Lipinski definition) is 2. The van der Waals surface area contributed by atoms with Crippen molar-refractivity contribution in [2.75, 3.05) is 0 Å². The van der Waals surface area contributed by atoms with Gasteiger partial charge in [0.25, 0.3) is 5.91 Å². The van der Waals surface area contributed by atoms with Crippen molar-refractivity contribution < 1.29 is 14.4 Å². The topological polar surface area (TPSA) is 80.2 Å². The fourth-order valence-corrected chi connectivity index (χ4v) is 3.90. The first-order valence-corrected chi connectivity index (χ1v) is 9.81. The molecule has 3 aromatic rings. The van der Waals surface area contributed by atoms with Gasteiger partial charge in [0, 0.05) is 42.6 Å². The Labute approximate surface area is 168 Å². The van der Waals surface area contributed by atoms with Crippen molar-refractivity contribution in [3.05, 3.63) is 70.9 Å². The summed E-state index contributed by atoms with van der Waals surface area (Å²) >= 11 is 0. The molecule has 6 heteroatoms. The summed E-state index contributed by atoms with van der Waals surface area (Å²) in [6.07, 6.45) is 5.07. The lowest BCUT2D eigenvalue weighted by molar-refractivity contribution is -0.121. The van der Waals surface area contributed by atoms with Crippen molar-refractivity contribution >= 4 is 28.5 Å². The van der Waals surface area contributed by atoms with Gasteiger partial charge in [-0.2, -0.15) is 0 Å². The monoisotopic (exact) mass is 389 g/mol. The number of para-hydroxylation sites is 1. The third-order valence-corrected chi connectivity index (χ3v) is 5.46. The van der Waals surface area contributed by atoms with Crippen LogP contribution in [-0.2, 0) is 24.7 Å². The molecule has 2 aromatic carbocycles. The molecule has 0 atom stereocenters. The molecule has 0 spiro atoms. The van der Waals surface area contributed by atoms with Crippen LogP contribution in [0, 0.1) is 0 Å². The second kappa shape index (κ2) is 7.91. The number of aryl methyl sites for hydroxylation is 3. The standard InChI is InChI=1S/C23H23N3O3/c1-26-14-19(18-7-2-3-8-20(18)26)23(29)25-24-22(28)12-11-21(27)17-10-9-15-5-4-6-16(15)13-17/h2-3,7-10,13-14H,4-6,11-12H2,1H3,(H,24,28)(H,25,29). The quantitative estimate of drug-likeness (QED) is 0.520. The maximum atomic E-state index is 12.4. The SMILES string of the molecule is Cn1cc(C(=O)NNC(=O)CCC(=O)c2ccc3c(c2)CCC3)c2ccccc21. The molecule has 0 unspecified atom stereocenters. The average Bonchev–Trinajstić information content (AvgIpc) is 3.34. The van der Waals surface area contributed by atoms with Crippen LogP contribution in [0.4, 0.5) is 0 Å². The van der Waals surface area contributed by atoms with Gasteiger partial charge in [-0.1, -0.05) is 30.3 Å². The number of hydrazine groups is 1. The van der Waals surface area contributed by atoms with Crippen LogP contribution in [0.5, 0.6) is 0 Å². The Hall–Kier alpha value is -3.41. The molecule has 1 heterocycles. The Balaban J connectivity index is 1.31. The number of fused-ring (bicyclic) bond motifs is 2. The Kier molecular flexibility index (Phi) is 5.16. The molecular formula is C23H23N3O3. The molecule has 4 rings (SSSR count). The molecule has 0 saturated carbocycles. The highest BCUT2D eigenvalue weighted by molar-refractivity contribution is 6.07. The predicted molar refractivity (Wildman–Crippen MR) is 111 cm³/mol. The van der Waals surface area contributed by atoms with Crippen molar-refractivity contribution in [1.29, 1.82) is 0 Å². The zero-order valence-electron chi connectivity index (χ0n) is 16.3. The van der Waals surface area contributed by atoms with Crippen LogP contribution in [0.15, 0.2) is 48.7 Å². The van der Waals surface area contributed by atoms with E-state index < -0.39 is 5.91 Å². The first-order valence-electron chi connectivity index (χ1n) is 9.81. The summed E-state index contributed by atoms with van der Waals surface area (Å²) in [6, 6.07) is 13.4. The van der Waals surface area contributed by atoms with Crippen molar-refractivity contribution in [3.63, 3.8) is 0 Å². The lowest BCUT2D eigenvalue weighted by Gasteiger charge is -2.07. The fraction of sp³-hybridized carbons (Fsp3) is 0.261. The van der Waals surface area contributed by atoms with Gasteiger partial charge in [-0.25, -0.2) is 0 Å². The lowest BCUT2D eigenvalue weighted by Crippen LogP contribution is -2.41. The molecule has 1 aliphatic rings. The highest BCUT2D eigenvalue weighted by Crippen LogP contribution is 2.23. The summed E-state index contributed by atoms with van der Waals surface area (Å²) in [5, 5.41) is 0.813. The molecule has 29 heavy (non-hydrogen) atoms. The number of aromatic nitrogens is 1. The average molecular weight is 389 g/mol.